The molecule has 0 amide bonds. The average Bonchev–Trinajstić information content (AvgIpc) is 3.23. The molecule has 1 aromatic carbocycles. The second-order valence-electron chi connectivity index (χ2n) is 7.11. The number of nitrogens with zero attached hydrogens (tertiary/aromatic N) is 4. The highest BCUT2D eigenvalue weighted by Crippen LogP contribution is 2.33. The predicted molar refractivity (Wildman–Crippen MR) is 103 cm³/mol. The molecule has 4 atom stereocenters. The van der Waals surface area contributed by atoms with Gasteiger partial charge in [0.05, 0.1) is 12.9 Å². The third-order valence-corrected chi connectivity index (χ3v) is 4.67. The summed E-state index contributed by atoms with van der Waals surface area (Å²) < 4.78 is 7.21. The number of hydrogen-bond acceptors (Lipinski definition) is 8. The SMILES string of the molecule is CC(C)Nc1nc(-c2ccccc2)nc2c1ncn2[C@@H]1O[C@H](CO)[C@@H](O)[C@H]1O. The molecule has 0 radical (unpaired) electrons. The Balaban J connectivity index is 1.85. The van der Waals surface area contributed by atoms with Gasteiger partial charge in [-0.25, -0.2) is 15.0 Å². The molecule has 28 heavy (non-hydrogen) atoms. The highest BCUT2D eigenvalue weighted by Gasteiger charge is 2.44. The first-order chi connectivity index (χ1) is 13.5. The molecule has 0 aliphatic carbocycles. The smallest absolute Gasteiger partial charge is 0.168 e. The minimum absolute atomic E-state index is 0.126. The van der Waals surface area contributed by atoms with E-state index >= 15 is 0 Å². The number of imidazole rings is 1. The van der Waals surface area contributed by atoms with Crippen molar-refractivity contribution in [2.45, 2.75) is 44.4 Å². The average molecular weight is 385 g/mol. The van der Waals surface area contributed by atoms with E-state index in [1.54, 1.807) is 4.57 Å². The Bertz CT molecular complexity index is 962. The number of aromatic nitrogens is 4. The molecule has 1 aliphatic heterocycles. The quantitative estimate of drug-likeness (QED) is 0.511. The predicted octanol–water partition coefficient (Wildman–Crippen LogP) is 0.925. The Morgan fingerprint density at radius 3 is 2.54 bits per heavy atom. The molecule has 0 unspecified atom stereocenters. The maximum Gasteiger partial charge on any atom is 0.168 e. The summed E-state index contributed by atoms with van der Waals surface area (Å²) in [6, 6.07) is 9.67. The van der Waals surface area contributed by atoms with Gasteiger partial charge in [0.25, 0.3) is 0 Å². The molecule has 9 heteroatoms. The third-order valence-electron chi connectivity index (χ3n) is 4.67. The van der Waals surface area contributed by atoms with Crippen molar-refractivity contribution in [2.75, 3.05) is 11.9 Å². The molecule has 4 rings (SSSR count). The molecule has 1 aliphatic rings. The molecule has 2 aromatic heterocycles. The van der Waals surface area contributed by atoms with Crippen molar-refractivity contribution >= 4 is 17.0 Å². The van der Waals surface area contributed by atoms with Gasteiger partial charge in [-0.15, -0.1) is 0 Å². The van der Waals surface area contributed by atoms with Gasteiger partial charge < -0.3 is 25.4 Å². The number of anilines is 1. The lowest BCUT2D eigenvalue weighted by Gasteiger charge is -2.17. The Morgan fingerprint density at radius 2 is 1.89 bits per heavy atom. The van der Waals surface area contributed by atoms with Gasteiger partial charge in [-0.1, -0.05) is 30.3 Å². The van der Waals surface area contributed by atoms with E-state index in [1.165, 1.54) is 6.33 Å². The monoisotopic (exact) mass is 385 g/mol. The maximum atomic E-state index is 10.4. The van der Waals surface area contributed by atoms with Gasteiger partial charge >= 0.3 is 0 Å². The van der Waals surface area contributed by atoms with E-state index in [4.69, 9.17) is 4.74 Å². The molecule has 4 N–H and O–H groups in total. The summed E-state index contributed by atoms with van der Waals surface area (Å²) in [7, 11) is 0. The number of aliphatic hydroxyl groups is 3. The van der Waals surface area contributed by atoms with Crippen LogP contribution < -0.4 is 5.32 Å². The Labute approximate surface area is 161 Å². The van der Waals surface area contributed by atoms with Crippen molar-refractivity contribution in [3.63, 3.8) is 0 Å². The number of fused-ring (bicyclic) bond motifs is 1. The van der Waals surface area contributed by atoms with Gasteiger partial charge in [-0.3, -0.25) is 4.57 Å². The van der Waals surface area contributed by atoms with Crippen LogP contribution in [0.2, 0.25) is 0 Å². The lowest BCUT2D eigenvalue weighted by Crippen LogP contribution is -2.33. The van der Waals surface area contributed by atoms with Gasteiger partial charge in [-0.2, -0.15) is 0 Å². The van der Waals surface area contributed by atoms with E-state index < -0.39 is 31.1 Å². The van der Waals surface area contributed by atoms with Crippen molar-refractivity contribution in [2.24, 2.45) is 0 Å². The zero-order valence-electron chi connectivity index (χ0n) is 15.6. The van der Waals surface area contributed by atoms with Crippen LogP contribution in [-0.4, -0.2) is 65.8 Å². The Morgan fingerprint density at radius 1 is 1.14 bits per heavy atom. The summed E-state index contributed by atoms with van der Waals surface area (Å²) in [6.45, 7) is 3.60. The molecule has 3 heterocycles. The molecule has 0 bridgehead atoms. The first-order valence-corrected chi connectivity index (χ1v) is 9.18. The fourth-order valence-electron chi connectivity index (χ4n) is 3.30. The number of hydrogen-bond donors (Lipinski definition) is 4. The van der Waals surface area contributed by atoms with Crippen LogP contribution in [0.15, 0.2) is 36.7 Å². The van der Waals surface area contributed by atoms with Gasteiger partial charge in [0.2, 0.25) is 0 Å². The fraction of sp³-hybridized carbons (Fsp3) is 0.421. The van der Waals surface area contributed by atoms with Crippen LogP contribution in [-0.2, 0) is 4.74 Å². The van der Waals surface area contributed by atoms with Gasteiger partial charge in [0.15, 0.2) is 29.0 Å². The number of ether oxygens (including phenoxy) is 1. The zero-order chi connectivity index (χ0) is 19.8. The van der Waals surface area contributed by atoms with Crippen molar-refractivity contribution in [1.29, 1.82) is 0 Å². The van der Waals surface area contributed by atoms with Crippen LogP contribution in [0.25, 0.3) is 22.6 Å². The van der Waals surface area contributed by atoms with E-state index in [2.05, 4.69) is 20.3 Å². The highest BCUT2D eigenvalue weighted by atomic mass is 16.6. The summed E-state index contributed by atoms with van der Waals surface area (Å²) in [5, 5.41) is 33.1. The van der Waals surface area contributed by atoms with Crippen LogP contribution in [0.3, 0.4) is 0 Å². The molecule has 1 saturated heterocycles. The van der Waals surface area contributed by atoms with E-state index in [9.17, 15) is 15.3 Å². The van der Waals surface area contributed by atoms with Crippen LogP contribution in [0.4, 0.5) is 5.82 Å². The van der Waals surface area contributed by atoms with Crippen molar-refractivity contribution in [3.8, 4) is 11.4 Å². The lowest BCUT2D eigenvalue weighted by atomic mass is 10.1. The Kier molecular flexibility index (Phi) is 4.98. The molecule has 9 nitrogen and oxygen atoms in total. The maximum absolute atomic E-state index is 10.4. The number of nitrogens with one attached hydrogen (secondary N) is 1. The zero-order valence-corrected chi connectivity index (χ0v) is 15.6. The lowest BCUT2D eigenvalue weighted by molar-refractivity contribution is -0.0511. The Hall–Kier alpha value is -2.59. The van der Waals surface area contributed by atoms with E-state index in [0.29, 0.717) is 22.8 Å². The molecule has 148 valence electrons. The topological polar surface area (TPSA) is 126 Å². The first-order valence-electron chi connectivity index (χ1n) is 9.18. The van der Waals surface area contributed by atoms with E-state index in [0.717, 1.165) is 5.56 Å². The molecule has 0 saturated carbocycles. The molecule has 3 aromatic rings. The van der Waals surface area contributed by atoms with Crippen molar-refractivity contribution in [3.05, 3.63) is 36.7 Å². The van der Waals surface area contributed by atoms with E-state index in [-0.39, 0.29) is 6.04 Å². The number of benzene rings is 1. The summed E-state index contributed by atoms with van der Waals surface area (Å²) in [5.41, 5.74) is 1.84. The van der Waals surface area contributed by atoms with Gasteiger partial charge in [0, 0.05) is 11.6 Å². The van der Waals surface area contributed by atoms with E-state index in [1.807, 2.05) is 44.2 Å². The summed E-state index contributed by atoms with van der Waals surface area (Å²) in [4.78, 5) is 13.7. The van der Waals surface area contributed by atoms with Crippen LogP contribution >= 0.6 is 0 Å². The first kappa shape index (κ1) is 18.8. The van der Waals surface area contributed by atoms with Crippen LogP contribution in [0, 0.1) is 0 Å². The van der Waals surface area contributed by atoms with Gasteiger partial charge in [-0.05, 0) is 13.8 Å². The minimum atomic E-state index is -1.22. The fourth-order valence-corrected chi connectivity index (χ4v) is 3.30. The number of aliphatic hydroxyl groups excluding tert-OH is 3. The van der Waals surface area contributed by atoms with Crippen molar-refractivity contribution < 1.29 is 20.1 Å². The summed E-state index contributed by atoms with van der Waals surface area (Å²) in [5.74, 6) is 1.08. The minimum Gasteiger partial charge on any atom is -0.394 e. The van der Waals surface area contributed by atoms with Gasteiger partial charge in [0.1, 0.15) is 18.3 Å². The number of rotatable bonds is 5. The third kappa shape index (κ3) is 3.22. The normalized spacial score (nSPS) is 24.9. The molecule has 1 fully saturated rings. The van der Waals surface area contributed by atoms with Crippen molar-refractivity contribution in [1.82, 2.24) is 19.5 Å². The van der Waals surface area contributed by atoms with Crippen LogP contribution in [0.1, 0.15) is 20.1 Å². The second kappa shape index (κ2) is 7.44. The standard InChI is InChI=1S/C19H23N5O4/c1-10(2)21-17-13-18(23-16(22-17)11-6-4-3-5-7-11)24(9-20-13)19-15(27)14(26)12(8-25)28-19/h3-7,9-10,12,14-15,19,25-27H,8H2,1-2H3,(H,21,22,23)/t12-,14-,15-,19-/m1/s1. The molecular formula is C19H23N5O4. The second-order valence-corrected chi connectivity index (χ2v) is 7.11. The van der Waals surface area contributed by atoms with Crippen LogP contribution in [0.5, 0.6) is 0 Å². The summed E-state index contributed by atoms with van der Waals surface area (Å²) in [6.07, 6.45) is -2.70. The highest BCUT2D eigenvalue weighted by molar-refractivity contribution is 5.85. The molecular weight excluding hydrogens is 362 g/mol. The largest absolute Gasteiger partial charge is 0.394 e. The molecule has 0 spiro atoms. The summed E-state index contributed by atoms with van der Waals surface area (Å²) >= 11 is 0.